The van der Waals surface area contributed by atoms with Crippen molar-refractivity contribution in [3.05, 3.63) is 12.4 Å². The van der Waals surface area contributed by atoms with Crippen LogP contribution in [0.4, 0.5) is 23.7 Å². The zero-order valence-corrected chi connectivity index (χ0v) is 13.3. The molecule has 0 aliphatic carbocycles. The number of carbonyl (C=O) groups excluding carboxylic acids is 1. The number of anilines is 1. The van der Waals surface area contributed by atoms with Gasteiger partial charge in [-0.3, -0.25) is 9.58 Å². The van der Waals surface area contributed by atoms with E-state index in [9.17, 15) is 18.0 Å². The summed E-state index contributed by atoms with van der Waals surface area (Å²) in [5.41, 5.74) is 0.605. The maximum Gasteiger partial charge on any atom is 0.401 e. The second kappa shape index (κ2) is 7.20. The highest BCUT2D eigenvalue weighted by Crippen LogP contribution is 2.22. The van der Waals surface area contributed by atoms with Crippen molar-refractivity contribution < 1.29 is 18.0 Å². The maximum absolute atomic E-state index is 12.5. The molecule has 0 spiro atoms. The van der Waals surface area contributed by atoms with Crippen molar-refractivity contribution in [1.82, 2.24) is 19.6 Å². The molecule has 0 saturated carbocycles. The minimum Gasteiger partial charge on any atom is -0.324 e. The van der Waals surface area contributed by atoms with Gasteiger partial charge in [-0.05, 0) is 18.9 Å². The molecule has 1 fully saturated rings. The molecule has 1 N–H and O–H groups in total. The molecule has 2 amide bonds. The van der Waals surface area contributed by atoms with Gasteiger partial charge in [0, 0.05) is 32.9 Å². The fourth-order valence-corrected chi connectivity index (χ4v) is 2.78. The molecule has 1 aliphatic heterocycles. The Kier molecular flexibility index (Phi) is 5.51. The highest BCUT2D eigenvalue weighted by molar-refractivity contribution is 5.89. The molecule has 0 radical (unpaired) electrons. The molecule has 1 aromatic heterocycles. The van der Waals surface area contributed by atoms with E-state index in [0.717, 1.165) is 6.42 Å². The van der Waals surface area contributed by atoms with E-state index < -0.39 is 12.7 Å². The summed E-state index contributed by atoms with van der Waals surface area (Å²) in [5.74, 6) is 0.0666. The minimum atomic E-state index is -4.19. The van der Waals surface area contributed by atoms with E-state index in [1.54, 1.807) is 35.9 Å². The van der Waals surface area contributed by atoms with Gasteiger partial charge in [0.1, 0.15) is 0 Å². The lowest BCUT2D eigenvalue weighted by molar-refractivity contribution is -0.146. The lowest BCUT2D eigenvalue weighted by Gasteiger charge is -2.25. The molecule has 2 heterocycles. The van der Waals surface area contributed by atoms with Crippen LogP contribution in [0.5, 0.6) is 0 Å². The molecule has 1 atom stereocenters. The number of hydrogen-bond donors (Lipinski definition) is 1. The number of carbonyl (C=O) groups is 1. The van der Waals surface area contributed by atoms with Gasteiger partial charge in [-0.15, -0.1) is 0 Å². The van der Waals surface area contributed by atoms with Crippen LogP contribution in [-0.4, -0.2) is 64.5 Å². The first-order chi connectivity index (χ1) is 10.8. The van der Waals surface area contributed by atoms with Crippen LogP contribution in [0.3, 0.4) is 0 Å². The van der Waals surface area contributed by atoms with Gasteiger partial charge in [-0.25, -0.2) is 4.79 Å². The summed E-state index contributed by atoms with van der Waals surface area (Å²) in [7, 11) is 1.75. The van der Waals surface area contributed by atoms with Crippen molar-refractivity contribution >= 4 is 11.7 Å². The van der Waals surface area contributed by atoms with Crippen LogP contribution in [-0.2, 0) is 7.05 Å². The first-order valence-electron chi connectivity index (χ1n) is 7.60. The third-order valence-electron chi connectivity index (χ3n) is 3.90. The number of aryl methyl sites for hydroxylation is 1. The van der Waals surface area contributed by atoms with Gasteiger partial charge in [0.05, 0.1) is 18.4 Å². The van der Waals surface area contributed by atoms with Crippen LogP contribution in [0.15, 0.2) is 12.4 Å². The fourth-order valence-electron chi connectivity index (χ4n) is 2.78. The summed E-state index contributed by atoms with van der Waals surface area (Å²) in [6, 6.07) is -0.237. The van der Waals surface area contributed by atoms with E-state index in [0.29, 0.717) is 31.9 Å². The summed E-state index contributed by atoms with van der Waals surface area (Å²) >= 11 is 0. The lowest BCUT2D eigenvalue weighted by Crippen LogP contribution is -2.39. The summed E-state index contributed by atoms with van der Waals surface area (Å²) in [6.45, 7) is 2.54. The van der Waals surface area contributed by atoms with Crippen molar-refractivity contribution in [2.45, 2.75) is 19.5 Å². The third-order valence-corrected chi connectivity index (χ3v) is 3.90. The number of aromatic nitrogens is 2. The molecule has 1 saturated heterocycles. The molecule has 23 heavy (non-hydrogen) atoms. The van der Waals surface area contributed by atoms with Crippen LogP contribution < -0.4 is 5.32 Å². The van der Waals surface area contributed by atoms with Crippen LogP contribution in [0, 0.1) is 5.92 Å². The molecule has 1 aliphatic rings. The molecule has 1 aromatic rings. The summed E-state index contributed by atoms with van der Waals surface area (Å²) in [4.78, 5) is 15.2. The molecule has 0 bridgehead atoms. The normalized spacial score (nSPS) is 18.7. The molecule has 130 valence electrons. The highest BCUT2D eigenvalue weighted by Gasteiger charge is 2.33. The standard InChI is InChI=1S/C14H22F3N5O/c1-3-21(10-14(15,16)17)7-11-4-5-22(8-11)13(23)19-12-6-18-20(2)9-12/h6,9,11H,3-5,7-8,10H2,1-2H3,(H,19,23)/t11-/m1/s1. The first kappa shape index (κ1) is 17.6. The monoisotopic (exact) mass is 333 g/mol. The predicted molar refractivity (Wildman–Crippen MR) is 80.1 cm³/mol. The Bertz CT molecular complexity index is 531. The summed E-state index contributed by atoms with van der Waals surface area (Å²) in [5, 5.41) is 6.71. The summed E-state index contributed by atoms with van der Waals surface area (Å²) < 4.78 is 39.1. The SMILES string of the molecule is CCN(C[C@H]1CCN(C(=O)Nc2cnn(C)c2)C1)CC(F)(F)F. The Morgan fingerprint density at radius 3 is 2.83 bits per heavy atom. The number of likely N-dealkylation sites (tertiary alicyclic amines) is 1. The predicted octanol–water partition coefficient (Wildman–Crippen LogP) is 2.16. The Morgan fingerprint density at radius 2 is 2.26 bits per heavy atom. The van der Waals surface area contributed by atoms with Gasteiger partial charge in [-0.2, -0.15) is 18.3 Å². The smallest absolute Gasteiger partial charge is 0.324 e. The molecular formula is C14H22F3N5O. The quantitative estimate of drug-likeness (QED) is 0.898. The van der Waals surface area contributed by atoms with E-state index in [2.05, 4.69) is 10.4 Å². The largest absolute Gasteiger partial charge is 0.401 e. The minimum absolute atomic E-state index is 0.0666. The van der Waals surface area contributed by atoms with Gasteiger partial charge in [0.25, 0.3) is 0 Å². The molecule has 6 nitrogen and oxygen atoms in total. The molecule has 0 aromatic carbocycles. The zero-order valence-electron chi connectivity index (χ0n) is 13.3. The Labute approximate surface area is 133 Å². The topological polar surface area (TPSA) is 53.4 Å². The van der Waals surface area contributed by atoms with Gasteiger partial charge in [-0.1, -0.05) is 6.92 Å². The van der Waals surface area contributed by atoms with Gasteiger partial charge < -0.3 is 10.2 Å². The number of halogens is 3. The Balaban J connectivity index is 1.81. The molecule has 9 heteroatoms. The van der Waals surface area contributed by atoms with Crippen molar-refractivity contribution in [1.29, 1.82) is 0 Å². The third kappa shape index (κ3) is 5.42. The number of nitrogens with zero attached hydrogens (tertiary/aromatic N) is 4. The maximum atomic E-state index is 12.5. The van der Waals surface area contributed by atoms with E-state index >= 15 is 0 Å². The van der Waals surface area contributed by atoms with Gasteiger partial charge in [0.2, 0.25) is 0 Å². The Morgan fingerprint density at radius 1 is 1.52 bits per heavy atom. The zero-order chi connectivity index (χ0) is 17.0. The Hall–Kier alpha value is -1.77. The van der Waals surface area contributed by atoms with Crippen molar-refractivity contribution in [3.8, 4) is 0 Å². The lowest BCUT2D eigenvalue weighted by atomic mass is 10.1. The van der Waals surface area contributed by atoms with Crippen LogP contribution in [0.2, 0.25) is 0 Å². The van der Waals surface area contributed by atoms with Crippen LogP contribution in [0.25, 0.3) is 0 Å². The number of alkyl halides is 3. The fraction of sp³-hybridized carbons (Fsp3) is 0.714. The summed E-state index contributed by atoms with van der Waals surface area (Å²) in [6.07, 6.45) is -0.234. The van der Waals surface area contributed by atoms with E-state index in [1.807, 2.05) is 0 Å². The number of hydrogen-bond acceptors (Lipinski definition) is 3. The number of amides is 2. The number of rotatable bonds is 5. The van der Waals surface area contributed by atoms with Gasteiger partial charge in [0.15, 0.2) is 0 Å². The number of urea groups is 1. The second-order valence-corrected chi connectivity index (χ2v) is 5.88. The van der Waals surface area contributed by atoms with Crippen LogP contribution in [0.1, 0.15) is 13.3 Å². The van der Waals surface area contributed by atoms with Crippen molar-refractivity contribution in [2.75, 3.05) is 38.0 Å². The number of nitrogens with one attached hydrogen (secondary N) is 1. The second-order valence-electron chi connectivity index (χ2n) is 5.88. The van der Waals surface area contributed by atoms with E-state index in [-0.39, 0.29) is 11.9 Å². The van der Waals surface area contributed by atoms with Crippen molar-refractivity contribution in [3.63, 3.8) is 0 Å². The average molecular weight is 333 g/mol. The molecule has 2 rings (SSSR count). The van der Waals surface area contributed by atoms with Crippen molar-refractivity contribution in [2.24, 2.45) is 13.0 Å². The molecular weight excluding hydrogens is 311 g/mol. The van der Waals surface area contributed by atoms with Gasteiger partial charge >= 0.3 is 12.2 Å². The molecule has 0 unspecified atom stereocenters. The highest BCUT2D eigenvalue weighted by atomic mass is 19.4. The average Bonchev–Trinajstić information content (AvgIpc) is 3.06. The van der Waals surface area contributed by atoms with E-state index in [4.69, 9.17) is 0 Å². The van der Waals surface area contributed by atoms with Crippen LogP contribution >= 0.6 is 0 Å². The first-order valence-corrected chi connectivity index (χ1v) is 7.60. The van der Waals surface area contributed by atoms with E-state index in [1.165, 1.54) is 4.90 Å².